The summed E-state index contributed by atoms with van der Waals surface area (Å²) in [7, 11) is 0. The Balaban J connectivity index is 1.75. The van der Waals surface area contributed by atoms with E-state index in [4.69, 9.17) is 0 Å². The third-order valence-corrected chi connectivity index (χ3v) is 7.75. The Morgan fingerprint density at radius 2 is 1.48 bits per heavy atom. The summed E-state index contributed by atoms with van der Waals surface area (Å²) in [4.78, 5) is 36.7. The first-order valence-corrected chi connectivity index (χ1v) is 13.7. The molecule has 206 valence electrons. The minimum atomic E-state index is -0.853. The van der Waals surface area contributed by atoms with E-state index in [1.165, 1.54) is 4.90 Å². The highest BCUT2D eigenvalue weighted by atomic mass is 16.3. The first-order chi connectivity index (χ1) is 18.7. The van der Waals surface area contributed by atoms with Crippen LogP contribution in [0.1, 0.15) is 81.0 Å². The first kappa shape index (κ1) is 27.4. The van der Waals surface area contributed by atoms with Crippen molar-refractivity contribution in [2.24, 2.45) is 0 Å². The van der Waals surface area contributed by atoms with Crippen LogP contribution in [0.25, 0.3) is 16.8 Å². The average Bonchev–Trinajstić information content (AvgIpc) is 3.40. The molecular formula is C34H37N3O3. The number of Topliss-reactive ketones (excluding diaryl/α,β-unsaturated/α-hetero) is 1. The average molecular weight is 536 g/mol. The number of ketones is 1. The van der Waals surface area contributed by atoms with Crippen LogP contribution in [0.2, 0.25) is 0 Å². The number of fused-ring (bicyclic) bond motifs is 1. The van der Waals surface area contributed by atoms with Crippen LogP contribution in [0, 0.1) is 13.8 Å². The number of rotatable bonds is 3. The van der Waals surface area contributed by atoms with E-state index in [-0.39, 0.29) is 28.1 Å². The van der Waals surface area contributed by atoms with E-state index in [0.717, 1.165) is 33.3 Å². The lowest BCUT2D eigenvalue weighted by molar-refractivity contribution is -0.132. The number of nitrogens with zero attached hydrogens (tertiary/aromatic N) is 2. The van der Waals surface area contributed by atoms with E-state index in [0.29, 0.717) is 11.1 Å². The summed E-state index contributed by atoms with van der Waals surface area (Å²) in [5.41, 5.74) is 6.56. The number of imidazole rings is 1. The standard InChI is InChI=1S/C34H37N3O3/c1-19-9-16-25-26(17-19)36-32(35-25)37-28(21-11-14-22(15-12-21)33(3,4)5)27(30(39)31(37)40)29(38)24-18-23(34(6,7)8)13-10-20(24)2/h9-18,28,38H,1-8H3,(H,35,36)/b29-27+. The fraction of sp³-hybridized carbons (Fsp3) is 0.324. The number of anilines is 1. The van der Waals surface area contributed by atoms with Crippen molar-refractivity contribution in [3.05, 3.63) is 99.6 Å². The maximum absolute atomic E-state index is 13.7. The van der Waals surface area contributed by atoms with Gasteiger partial charge in [-0.05, 0) is 70.7 Å². The predicted octanol–water partition coefficient (Wildman–Crippen LogP) is 7.40. The molecule has 0 spiro atoms. The van der Waals surface area contributed by atoms with Crippen molar-refractivity contribution < 1.29 is 14.7 Å². The quantitative estimate of drug-likeness (QED) is 0.163. The molecule has 4 aromatic rings. The Hall–Kier alpha value is -4.19. The number of carbonyl (C=O) groups excluding carboxylic acids is 2. The van der Waals surface area contributed by atoms with Crippen molar-refractivity contribution in [1.82, 2.24) is 9.97 Å². The van der Waals surface area contributed by atoms with Gasteiger partial charge >= 0.3 is 5.91 Å². The Morgan fingerprint density at radius 1 is 0.850 bits per heavy atom. The summed E-state index contributed by atoms with van der Waals surface area (Å²) in [6.07, 6.45) is 0. The van der Waals surface area contributed by atoms with Crippen molar-refractivity contribution in [1.29, 1.82) is 0 Å². The second kappa shape index (κ2) is 9.47. The molecule has 1 saturated heterocycles. The zero-order valence-corrected chi connectivity index (χ0v) is 24.5. The summed E-state index contributed by atoms with van der Waals surface area (Å²) in [6, 6.07) is 18.7. The molecule has 6 nitrogen and oxygen atoms in total. The van der Waals surface area contributed by atoms with Crippen LogP contribution >= 0.6 is 0 Å². The van der Waals surface area contributed by atoms with E-state index in [2.05, 4.69) is 51.5 Å². The van der Waals surface area contributed by atoms with Crippen LogP contribution in [0.5, 0.6) is 0 Å². The Morgan fingerprint density at radius 3 is 2.10 bits per heavy atom. The van der Waals surface area contributed by atoms with Gasteiger partial charge in [-0.15, -0.1) is 0 Å². The lowest BCUT2D eigenvalue weighted by Gasteiger charge is -2.25. The highest BCUT2D eigenvalue weighted by molar-refractivity contribution is 6.51. The van der Waals surface area contributed by atoms with Crippen LogP contribution in [0.3, 0.4) is 0 Å². The zero-order chi connectivity index (χ0) is 29.1. The largest absolute Gasteiger partial charge is 0.507 e. The molecule has 2 N–H and O–H groups in total. The number of hydrogen-bond acceptors (Lipinski definition) is 4. The van der Waals surface area contributed by atoms with Gasteiger partial charge in [0.15, 0.2) is 0 Å². The van der Waals surface area contributed by atoms with E-state index >= 15 is 0 Å². The smallest absolute Gasteiger partial charge is 0.302 e. The summed E-state index contributed by atoms with van der Waals surface area (Å²) in [5, 5.41) is 11.8. The minimum absolute atomic E-state index is 0.0549. The molecule has 0 saturated carbocycles. The summed E-state index contributed by atoms with van der Waals surface area (Å²) < 4.78 is 0. The van der Waals surface area contributed by atoms with Crippen molar-refractivity contribution in [3.63, 3.8) is 0 Å². The lowest BCUT2D eigenvalue weighted by atomic mass is 9.84. The molecule has 0 bridgehead atoms. The molecule has 1 atom stereocenters. The van der Waals surface area contributed by atoms with Gasteiger partial charge in [-0.2, -0.15) is 0 Å². The van der Waals surface area contributed by atoms with Crippen molar-refractivity contribution >= 4 is 34.4 Å². The van der Waals surface area contributed by atoms with Gasteiger partial charge in [0, 0.05) is 5.56 Å². The van der Waals surface area contributed by atoms with Crippen LogP contribution in [-0.2, 0) is 20.4 Å². The molecule has 6 heteroatoms. The van der Waals surface area contributed by atoms with Crippen LogP contribution < -0.4 is 4.90 Å². The van der Waals surface area contributed by atoms with E-state index in [1.54, 1.807) is 0 Å². The van der Waals surface area contributed by atoms with Gasteiger partial charge in [-0.1, -0.05) is 84.0 Å². The number of aliphatic hydroxyl groups excluding tert-OH is 1. The van der Waals surface area contributed by atoms with Gasteiger partial charge in [0.1, 0.15) is 5.76 Å². The Kier molecular flexibility index (Phi) is 6.48. The lowest BCUT2D eigenvalue weighted by Crippen LogP contribution is -2.30. The number of hydrogen-bond donors (Lipinski definition) is 2. The van der Waals surface area contributed by atoms with Gasteiger partial charge < -0.3 is 10.1 Å². The number of amides is 1. The molecule has 1 aromatic heterocycles. The molecule has 2 heterocycles. The van der Waals surface area contributed by atoms with Gasteiger partial charge in [-0.3, -0.25) is 14.5 Å². The summed E-state index contributed by atoms with van der Waals surface area (Å²) >= 11 is 0. The van der Waals surface area contributed by atoms with Crippen LogP contribution in [0.15, 0.2) is 66.2 Å². The van der Waals surface area contributed by atoms with Gasteiger partial charge in [0.05, 0.1) is 22.6 Å². The molecule has 3 aromatic carbocycles. The fourth-order valence-corrected chi connectivity index (χ4v) is 5.24. The third kappa shape index (κ3) is 4.72. The predicted molar refractivity (Wildman–Crippen MR) is 161 cm³/mol. The molecule has 1 unspecified atom stereocenters. The van der Waals surface area contributed by atoms with Gasteiger partial charge in [-0.25, -0.2) is 4.98 Å². The molecule has 1 amide bonds. The number of aryl methyl sites for hydroxylation is 2. The number of aromatic amines is 1. The van der Waals surface area contributed by atoms with Crippen molar-refractivity contribution in [3.8, 4) is 0 Å². The molecule has 5 rings (SSSR count). The Labute approximate surface area is 235 Å². The maximum atomic E-state index is 13.7. The SMILES string of the molecule is Cc1ccc2nc(N3C(=O)C(=O)/C(=C(/O)c4cc(C(C)(C)C)ccc4C)C3c3ccc(C(C)(C)C)cc3)[nH]c2c1. The van der Waals surface area contributed by atoms with Crippen molar-refractivity contribution in [2.45, 2.75) is 72.3 Å². The highest BCUT2D eigenvalue weighted by Gasteiger charge is 2.48. The molecule has 0 aliphatic carbocycles. The molecule has 0 radical (unpaired) electrons. The summed E-state index contributed by atoms with van der Waals surface area (Å²) in [5.74, 6) is -1.38. The molecular weight excluding hydrogens is 498 g/mol. The number of aromatic nitrogens is 2. The van der Waals surface area contributed by atoms with E-state index in [1.807, 2.05) is 74.5 Å². The second-order valence-electron chi connectivity index (χ2n) is 12.9. The minimum Gasteiger partial charge on any atom is -0.507 e. The fourth-order valence-electron chi connectivity index (χ4n) is 5.24. The molecule has 1 fully saturated rings. The third-order valence-electron chi connectivity index (χ3n) is 7.75. The normalized spacial score (nSPS) is 17.7. The summed E-state index contributed by atoms with van der Waals surface area (Å²) in [6.45, 7) is 16.6. The van der Waals surface area contributed by atoms with Crippen molar-refractivity contribution in [2.75, 3.05) is 4.90 Å². The number of benzene rings is 3. The monoisotopic (exact) mass is 535 g/mol. The highest BCUT2D eigenvalue weighted by Crippen LogP contribution is 2.43. The number of nitrogens with one attached hydrogen (secondary N) is 1. The van der Waals surface area contributed by atoms with Crippen LogP contribution in [0.4, 0.5) is 5.95 Å². The van der Waals surface area contributed by atoms with Crippen LogP contribution in [-0.4, -0.2) is 26.8 Å². The zero-order valence-electron chi connectivity index (χ0n) is 24.5. The second-order valence-corrected chi connectivity index (χ2v) is 12.9. The Bertz CT molecular complexity index is 1680. The van der Waals surface area contributed by atoms with E-state index in [9.17, 15) is 14.7 Å². The number of aliphatic hydroxyl groups is 1. The molecule has 1 aliphatic rings. The van der Waals surface area contributed by atoms with Gasteiger partial charge in [0.2, 0.25) is 5.95 Å². The van der Waals surface area contributed by atoms with E-state index < -0.39 is 17.7 Å². The number of carbonyl (C=O) groups is 2. The maximum Gasteiger partial charge on any atom is 0.302 e. The molecule has 1 aliphatic heterocycles. The van der Waals surface area contributed by atoms with Gasteiger partial charge in [0.25, 0.3) is 5.78 Å². The molecule has 40 heavy (non-hydrogen) atoms. The number of H-pyrrole nitrogens is 1. The topological polar surface area (TPSA) is 86.3 Å². The first-order valence-electron chi connectivity index (χ1n) is 13.7.